The van der Waals surface area contributed by atoms with Crippen LogP contribution >= 0.6 is 0 Å². The lowest BCUT2D eigenvalue weighted by Gasteiger charge is -2.41. The topological polar surface area (TPSA) is 57.6 Å². The Kier molecular flexibility index (Phi) is 5.84. The number of piperidine rings is 1. The minimum atomic E-state index is -1.10. The summed E-state index contributed by atoms with van der Waals surface area (Å²) >= 11 is 0. The fourth-order valence-electron chi connectivity index (χ4n) is 3.05. The molecule has 1 heterocycles. The van der Waals surface area contributed by atoms with E-state index in [9.17, 15) is 18.4 Å². The van der Waals surface area contributed by atoms with Gasteiger partial charge in [0.15, 0.2) is 11.6 Å². The summed E-state index contributed by atoms with van der Waals surface area (Å²) in [5.41, 5.74) is 0.500. The Labute approximate surface area is 139 Å². The summed E-state index contributed by atoms with van der Waals surface area (Å²) in [7, 11) is 0. The Morgan fingerprint density at radius 3 is 2.67 bits per heavy atom. The Morgan fingerprint density at radius 2 is 2.04 bits per heavy atom. The number of carboxylic acid groups (broad SMARTS) is 1. The van der Waals surface area contributed by atoms with Gasteiger partial charge in [0.25, 0.3) is 0 Å². The van der Waals surface area contributed by atoms with Crippen LogP contribution in [0, 0.1) is 11.6 Å². The average molecular weight is 335 g/mol. The smallest absolute Gasteiger partial charge is 0.328 e. The fourth-order valence-corrected chi connectivity index (χ4v) is 3.05. The van der Waals surface area contributed by atoms with Crippen LogP contribution in [0.25, 0.3) is 0 Å². The second-order valence-electron chi connectivity index (χ2n) is 5.68. The van der Waals surface area contributed by atoms with Gasteiger partial charge in [0.2, 0.25) is 5.91 Å². The average Bonchev–Trinajstić information content (AvgIpc) is 2.55. The Hall–Kier alpha value is -2.50. The van der Waals surface area contributed by atoms with Crippen molar-refractivity contribution < 1.29 is 23.5 Å². The predicted molar refractivity (Wildman–Crippen MR) is 85.2 cm³/mol. The summed E-state index contributed by atoms with van der Waals surface area (Å²) in [6.07, 6.45) is 6.00. The number of rotatable bonds is 5. The van der Waals surface area contributed by atoms with Gasteiger partial charge < -0.3 is 10.0 Å². The molecule has 4 nitrogen and oxygen atoms in total. The monoisotopic (exact) mass is 335 g/mol. The van der Waals surface area contributed by atoms with E-state index in [1.165, 1.54) is 18.2 Å². The maximum absolute atomic E-state index is 13.6. The molecule has 0 unspecified atom stereocenters. The molecule has 1 amide bonds. The molecule has 6 heteroatoms. The number of amides is 1. The maximum atomic E-state index is 13.6. The van der Waals surface area contributed by atoms with Gasteiger partial charge in [0, 0.05) is 12.5 Å². The molecule has 0 saturated carbocycles. The van der Waals surface area contributed by atoms with Gasteiger partial charge in [-0.05, 0) is 37.0 Å². The van der Waals surface area contributed by atoms with Crippen LogP contribution in [0.4, 0.5) is 8.78 Å². The van der Waals surface area contributed by atoms with Crippen molar-refractivity contribution in [2.24, 2.45) is 0 Å². The standard InChI is InChI=1S/C18H19F2NO3/c1-2-4-17(22)21-13(8-10-18(23)24)5-3-6-16(21)12-7-9-14(19)15(20)11-12/h2,7-11,13,16H,1,3-6H2,(H,23,24)/t13-,16+/m1/s1. The number of carbonyl (C=O) groups excluding carboxylic acids is 1. The van der Waals surface area contributed by atoms with Gasteiger partial charge in [-0.2, -0.15) is 0 Å². The maximum Gasteiger partial charge on any atom is 0.328 e. The fraction of sp³-hybridized carbons (Fsp3) is 0.333. The molecule has 1 aliphatic heterocycles. The van der Waals surface area contributed by atoms with Crippen molar-refractivity contribution in [2.75, 3.05) is 0 Å². The molecule has 2 rings (SSSR count). The molecule has 1 fully saturated rings. The quantitative estimate of drug-likeness (QED) is 0.661. The first-order valence-electron chi connectivity index (χ1n) is 7.72. The van der Waals surface area contributed by atoms with Crippen molar-refractivity contribution in [3.63, 3.8) is 0 Å². The lowest BCUT2D eigenvalue weighted by Crippen LogP contribution is -2.44. The van der Waals surface area contributed by atoms with Crippen LogP contribution in [0.3, 0.4) is 0 Å². The van der Waals surface area contributed by atoms with Crippen molar-refractivity contribution >= 4 is 11.9 Å². The summed E-state index contributed by atoms with van der Waals surface area (Å²) in [5.74, 6) is -3.23. The number of hydrogen-bond acceptors (Lipinski definition) is 2. The molecule has 0 aromatic heterocycles. The van der Waals surface area contributed by atoms with E-state index in [4.69, 9.17) is 5.11 Å². The highest BCUT2D eigenvalue weighted by Gasteiger charge is 2.33. The molecule has 1 saturated heterocycles. The van der Waals surface area contributed by atoms with Crippen molar-refractivity contribution in [3.8, 4) is 0 Å². The number of aliphatic carboxylic acids is 1. The van der Waals surface area contributed by atoms with E-state index in [0.29, 0.717) is 18.4 Å². The van der Waals surface area contributed by atoms with Gasteiger partial charge in [-0.15, -0.1) is 6.58 Å². The van der Waals surface area contributed by atoms with Gasteiger partial charge in [-0.25, -0.2) is 13.6 Å². The third kappa shape index (κ3) is 4.07. The van der Waals surface area contributed by atoms with Gasteiger partial charge in [-0.3, -0.25) is 4.79 Å². The molecule has 0 aliphatic carbocycles. The highest BCUT2D eigenvalue weighted by molar-refractivity contribution is 5.81. The second-order valence-corrected chi connectivity index (χ2v) is 5.68. The zero-order valence-corrected chi connectivity index (χ0v) is 13.1. The molecule has 1 N–H and O–H groups in total. The first-order valence-corrected chi connectivity index (χ1v) is 7.72. The Bertz CT molecular complexity index is 672. The van der Waals surface area contributed by atoms with E-state index in [1.54, 1.807) is 4.90 Å². The molecular weight excluding hydrogens is 316 g/mol. The number of nitrogens with zero attached hydrogens (tertiary/aromatic N) is 1. The largest absolute Gasteiger partial charge is 0.478 e. The van der Waals surface area contributed by atoms with Gasteiger partial charge in [0.05, 0.1) is 12.1 Å². The van der Waals surface area contributed by atoms with E-state index in [2.05, 4.69) is 6.58 Å². The molecule has 24 heavy (non-hydrogen) atoms. The number of hydrogen-bond donors (Lipinski definition) is 1. The van der Waals surface area contributed by atoms with Crippen LogP contribution in [0.15, 0.2) is 43.0 Å². The summed E-state index contributed by atoms with van der Waals surface area (Å²) in [4.78, 5) is 24.8. The lowest BCUT2D eigenvalue weighted by molar-refractivity contribution is -0.136. The number of likely N-dealkylation sites (tertiary alicyclic amines) is 1. The summed E-state index contributed by atoms with van der Waals surface area (Å²) in [6, 6.07) is 2.76. The van der Waals surface area contributed by atoms with Crippen LogP contribution in [0.5, 0.6) is 0 Å². The highest BCUT2D eigenvalue weighted by Crippen LogP contribution is 2.36. The van der Waals surface area contributed by atoms with Crippen LogP contribution in [-0.2, 0) is 9.59 Å². The molecule has 1 aliphatic rings. The minimum Gasteiger partial charge on any atom is -0.478 e. The molecule has 0 bridgehead atoms. The van der Waals surface area contributed by atoms with Crippen LogP contribution < -0.4 is 0 Å². The van der Waals surface area contributed by atoms with Crippen LogP contribution in [-0.4, -0.2) is 27.9 Å². The normalized spacial score (nSPS) is 21.0. The zero-order valence-electron chi connectivity index (χ0n) is 13.1. The van der Waals surface area contributed by atoms with Gasteiger partial charge >= 0.3 is 5.97 Å². The molecule has 1 aromatic rings. The van der Waals surface area contributed by atoms with Gasteiger partial charge in [-0.1, -0.05) is 18.2 Å². The molecule has 2 atom stereocenters. The summed E-state index contributed by atoms with van der Waals surface area (Å²) < 4.78 is 26.8. The first-order chi connectivity index (χ1) is 11.4. The first kappa shape index (κ1) is 17.8. The van der Waals surface area contributed by atoms with E-state index < -0.39 is 29.7 Å². The molecule has 128 valence electrons. The lowest BCUT2D eigenvalue weighted by atomic mass is 9.90. The van der Waals surface area contributed by atoms with Crippen molar-refractivity contribution in [1.82, 2.24) is 4.90 Å². The van der Waals surface area contributed by atoms with E-state index in [-0.39, 0.29) is 12.3 Å². The zero-order chi connectivity index (χ0) is 17.7. The predicted octanol–water partition coefficient (Wildman–Crippen LogP) is 3.60. The van der Waals surface area contributed by atoms with E-state index in [1.807, 2.05) is 0 Å². The van der Waals surface area contributed by atoms with Crippen molar-refractivity contribution in [3.05, 3.63) is 60.2 Å². The Morgan fingerprint density at radius 1 is 1.29 bits per heavy atom. The number of halogens is 2. The number of carboxylic acids is 1. The summed E-state index contributed by atoms with van der Waals surface area (Å²) in [5, 5.41) is 8.82. The third-order valence-electron chi connectivity index (χ3n) is 4.07. The molecule has 0 radical (unpaired) electrons. The molecule has 1 aromatic carbocycles. The molecular formula is C18H19F2NO3. The van der Waals surface area contributed by atoms with Crippen LogP contribution in [0.1, 0.15) is 37.3 Å². The number of carbonyl (C=O) groups is 2. The van der Waals surface area contributed by atoms with E-state index >= 15 is 0 Å². The second kappa shape index (κ2) is 7.86. The summed E-state index contributed by atoms with van der Waals surface area (Å²) in [6.45, 7) is 3.55. The van der Waals surface area contributed by atoms with Crippen molar-refractivity contribution in [2.45, 2.75) is 37.8 Å². The van der Waals surface area contributed by atoms with Crippen LogP contribution in [0.2, 0.25) is 0 Å². The van der Waals surface area contributed by atoms with Gasteiger partial charge in [0.1, 0.15) is 0 Å². The SMILES string of the molecule is C=CCC(=O)N1[C@@H](C=CC(=O)O)CCC[C@H]1c1ccc(F)c(F)c1. The minimum absolute atomic E-state index is 0.0948. The number of benzene rings is 1. The molecule has 0 spiro atoms. The Balaban J connectivity index is 2.38. The third-order valence-corrected chi connectivity index (χ3v) is 4.07. The van der Waals surface area contributed by atoms with Crippen molar-refractivity contribution in [1.29, 1.82) is 0 Å². The van der Waals surface area contributed by atoms with E-state index in [0.717, 1.165) is 24.6 Å². The highest BCUT2D eigenvalue weighted by atomic mass is 19.2.